The van der Waals surface area contributed by atoms with E-state index in [2.05, 4.69) is 44.0 Å². The lowest BCUT2D eigenvalue weighted by atomic mass is 10.2. The van der Waals surface area contributed by atoms with Crippen LogP contribution in [0, 0.1) is 6.92 Å². The van der Waals surface area contributed by atoms with Crippen molar-refractivity contribution in [3.63, 3.8) is 0 Å². The molecule has 2 amide bonds. The third-order valence-corrected chi connectivity index (χ3v) is 6.86. The maximum atomic E-state index is 13.2. The van der Waals surface area contributed by atoms with E-state index in [0.717, 1.165) is 77.7 Å². The van der Waals surface area contributed by atoms with Gasteiger partial charge >= 0.3 is 0 Å². The van der Waals surface area contributed by atoms with Gasteiger partial charge in [0.05, 0.1) is 25.1 Å². The van der Waals surface area contributed by atoms with Gasteiger partial charge in [0.2, 0.25) is 5.91 Å². The smallest absolute Gasteiger partial charge is 0.274 e. The van der Waals surface area contributed by atoms with E-state index in [1.54, 1.807) is 11.1 Å². The van der Waals surface area contributed by atoms with Crippen LogP contribution in [0.4, 0.5) is 0 Å². The van der Waals surface area contributed by atoms with Crippen molar-refractivity contribution in [3.05, 3.63) is 59.7 Å². The Morgan fingerprint density at radius 3 is 2.36 bits per heavy atom. The molecule has 9 heteroatoms. The minimum atomic E-state index is -0.162. The van der Waals surface area contributed by atoms with E-state index < -0.39 is 0 Å². The molecule has 1 aromatic heterocycles. The molecule has 0 bridgehead atoms. The average Bonchev–Trinajstić information content (AvgIpc) is 2.92. The van der Waals surface area contributed by atoms with Crippen LogP contribution in [0.5, 0.6) is 0 Å². The van der Waals surface area contributed by atoms with Crippen molar-refractivity contribution in [1.29, 1.82) is 0 Å². The normalized spacial score (nSPS) is 17.2. The maximum Gasteiger partial charge on any atom is 0.274 e. The van der Waals surface area contributed by atoms with Gasteiger partial charge in [-0.3, -0.25) is 24.4 Å². The molecular formula is C27H38N6O3. The molecule has 36 heavy (non-hydrogen) atoms. The van der Waals surface area contributed by atoms with Gasteiger partial charge in [-0.25, -0.2) is 4.98 Å². The summed E-state index contributed by atoms with van der Waals surface area (Å²) in [4.78, 5) is 43.2. The van der Waals surface area contributed by atoms with Crippen LogP contribution in [0.1, 0.15) is 34.6 Å². The van der Waals surface area contributed by atoms with Gasteiger partial charge in [-0.15, -0.1) is 0 Å². The number of morpholine rings is 1. The van der Waals surface area contributed by atoms with Crippen LogP contribution in [0.2, 0.25) is 0 Å². The molecule has 2 saturated heterocycles. The Bertz CT molecular complexity index is 957. The number of ether oxygens (including phenoxy) is 1. The maximum absolute atomic E-state index is 13.2. The molecule has 2 aliphatic heterocycles. The molecule has 2 aliphatic rings. The monoisotopic (exact) mass is 494 g/mol. The summed E-state index contributed by atoms with van der Waals surface area (Å²) in [6.07, 6.45) is 4.30. The van der Waals surface area contributed by atoms with Crippen LogP contribution < -0.4 is 0 Å². The Balaban J connectivity index is 1.27. The van der Waals surface area contributed by atoms with E-state index in [9.17, 15) is 9.59 Å². The quantitative estimate of drug-likeness (QED) is 0.497. The number of amides is 2. The summed E-state index contributed by atoms with van der Waals surface area (Å²) in [5.74, 6) is -0.0553. The second-order valence-electron chi connectivity index (χ2n) is 9.54. The third kappa shape index (κ3) is 7.81. The molecule has 0 unspecified atom stereocenters. The molecule has 0 aliphatic carbocycles. The van der Waals surface area contributed by atoms with Crippen molar-refractivity contribution in [2.24, 2.45) is 0 Å². The molecule has 0 N–H and O–H groups in total. The summed E-state index contributed by atoms with van der Waals surface area (Å²) in [5.41, 5.74) is 2.39. The highest BCUT2D eigenvalue weighted by Gasteiger charge is 2.24. The fraction of sp³-hybridized carbons (Fsp3) is 0.556. The molecular weight excluding hydrogens is 456 g/mol. The second kappa shape index (κ2) is 13.4. The standard InChI is InChI=1S/C27H38N6O3/c1-23-20-29-25(21-28-23)27(35)33(10-5-9-30-16-18-36-19-17-30)11-8-26(34)32-14-12-31(13-15-32)22-24-6-3-2-4-7-24/h2-4,6-7,20-21H,5,8-19,22H2,1H3. The van der Waals surface area contributed by atoms with Crippen LogP contribution >= 0.6 is 0 Å². The molecule has 2 aromatic rings. The summed E-state index contributed by atoms with van der Waals surface area (Å²) in [7, 11) is 0. The SMILES string of the molecule is Cc1cnc(C(=O)N(CCCN2CCOCC2)CCC(=O)N2CCN(Cc3ccccc3)CC2)cn1. The predicted octanol–water partition coefficient (Wildman–Crippen LogP) is 1.68. The first-order valence-electron chi connectivity index (χ1n) is 13.0. The fourth-order valence-corrected chi connectivity index (χ4v) is 4.68. The first-order chi connectivity index (χ1) is 17.6. The fourth-order valence-electron chi connectivity index (χ4n) is 4.68. The van der Waals surface area contributed by atoms with Gasteiger partial charge in [-0.2, -0.15) is 0 Å². The van der Waals surface area contributed by atoms with E-state index in [1.807, 2.05) is 17.9 Å². The number of rotatable bonds is 10. The predicted molar refractivity (Wildman–Crippen MR) is 137 cm³/mol. The Labute approximate surface area is 214 Å². The molecule has 3 heterocycles. The molecule has 0 radical (unpaired) electrons. The van der Waals surface area contributed by atoms with Crippen LogP contribution in [0.3, 0.4) is 0 Å². The van der Waals surface area contributed by atoms with Gasteiger partial charge < -0.3 is 14.5 Å². The minimum Gasteiger partial charge on any atom is -0.379 e. The topological polar surface area (TPSA) is 82.1 Å². The van der Waals surface area contributed by atoms with Crippen molar-refractivity contribution >= 4 is 11.8 Å². The number of aromatic nitrogens is 2. The highest BCUT2D eigenvalue weighted by molar-refractivity contribution is 5.92. The van der Waals surface area contributed by atoms with Crippen LogP contribution in [0.25, 0.3) is 0 Å². The van der Waals surface area contributed by atoms with Crippen LogP contribution in [-0.4, -0.2) is 113 Å². The Kier molecular flexibility index (Phi) is 9.77. The number of benzene rings is 1. The first-order valence-corrected chi connectivity index (χ1v) is 13.0. The van der Waals surface area contributed by atoms with Gasteiger partial charge in [-0.05, 0) is 18.9 Å². The van der Waals surface area contributed by atoms with Gasteiger partial charge in [0.15, 0.2) is 0 Å². The van der Waals surface area contributed by atoms with Gasteiger partial charge in [0.1, 0.15) is 5.69 Å². The van der Waals surface area contributed by atoms with Gasteiger partial charge in [0, 0.05) is 78.1 Å². The first kappa shape index (κ1) is 26.2. The van der Waals surface area contributed by atoms with Crippen LogP contribution in [-0.2, 0) is 16.1 Å². The number of hydrogen-bond donors (Lipinski definition) is 0. The van der Waals surface area contributed by atoms with E-state index in [-0.39, 0.29) is 11.8 Å². The highest BCUT2D eigenvalue weighted by Crippen LogP contribution is 2.11. The summed E-state index contributed by atoms with van der Waals surface area (Å²) < 4.78 is 5.43. The van der Waals surface area contributed by atoms with E-state index in [1.165, 1.54) is 11.8 Å². The van der Waals surface area contributed by atoms with Crippen molar-refractivity contribution in [1.82, 2.24) is 29.6 Å². The number of carbonyl (C=O) groups is 2. The Morgan fingerprint density at radius 2 is 1.67 bits per heavy atom. The zero-order valence-electron chi connectivity index (χ0n) is 21.3. The zero-order chi connectivity index (χ0) is 25.2. The summed E-state index contributed by atoms with van der Waals surface area (Å²) in [5, 5.41) is 0. The summed E-state index contributed by atoms with van der Waals surface area (Å²) in [6, 6.07) is 10.4. The Hall–Kier alpha value is -2.88. The Morgan fingerprint density at radius 1 is 0.917 bits per heavy atom. The van der Waals surface area contributed by atoms with E-state index in [4.69, 9.17) is 4.74 Å². The molecule has 0 saturated carbocycles. The number of carbonyl (C=O) groups excluding carboxylic acids is 2. The number of hydrogen-bond acceptors (Lipinski definition) is 7. The highest BCUT2D eigenvalue weighted by atomic mass is 16.5. The molecule has 9 nitrogen and oxygen atoms in total. The minimum absolute atomic E-state index is 0.107. The van der Waals surface area contributed by atoms with Crippen LogP contribution in [0.15, 0.2) is 42.7 Å². The molecule has 4 rings (SSSR count). The molecule has 0 atom stereocenters. The van der Waals surface area contributed by atoms with Crippen molar-refractivity contribution in [2.45, 2.75) is 26.3 Å². The lowest BCUT2D eigenvalue weighted by Crippen LogP contribution is -2.49. The lowest BCUT2D eigenvalue weighted by Gasteiger charge is -2.35. The number of aryl methyl sites for hydroxylation is 1. The lowest BCUT2D eigenvalue weighted by molar-refractivity contribution is -0.133. The molecule has 2 fully saturated rings. The third-order valence-electron chi connectivity index (χ3n) is 6.86. The summed E-state index contributed by atoms with van der Waals surface area (Å²) >= 11 is 0. The number of nitrogens with zero attached hydrogens (tertiary/aromatic N) is 6. The van der Waals surface area contributed by atoms with E-state index >= 15 is 0 Å². The average molecular weight is 495 g/mol. The second-order valence-corrected chi connectivity index (χ2v) is 9.54. The van der Waals surface area contributed by atoms with Gasteiger partial charge in [-0.1, -0.05) is 30.3 Å². The largest absolute Gasteiger partial charge is 0.379 e. The van der Waals surface area contributed by atoms with Crippen molar-refractivity contribution < 1.29 is 14.3 Å². The summed E-state index contributed by atoms with van der Waals surface area (Å²) in [6.45, 7) is 11.2. The molecule has 1 aromatic carbocycles. The van der Waals surface area contributed by atoms with Crippen molar-refractivity contribution in [3.8, 4) is 0 Å². The van der Waals surface area contributed by atoms with Gasteiger partial charge in [0.25, 0.3) is 5.91 Å². The zero-order valence-corrected chi connectivity index (χ0v) is 21.3. The molecule has 0 spiro atoms. The molecule has 194 valence electrons. The number of piperazine rings is 1. The van der Waals surface area contributed by atoms with E-state index in [0.29, 0.717) is 25.2 Å². The van der Waals surface area contributed by atoms with Crippen molar-refractivity contribution in [2.75, 3.05) is 72.1 Å².